The molecule has 3 nitrogen and oxygen atoms in total. The Morgan fingerprint density at radius 2 is 1.61 bits per heavy atom. The number of carbonyl (C=O) groups excluding carboxylic acids is 1. The van der Waals surface area contributed by atoms with Crippen LogP contribution in [0.3, 0.4) is 0 Å². The van der Waals surface area contributed by atoms with Crippen LogP contribution < -0.4 is 4.74 Å². The molecule has 2 aromatic carbocycles. The summed E-state index contributed by atoms with van der Waals surface area (Å²) in [7, 11) is 0. The molecule has 0 aromatic heterocycles. The maximum Gasteiger partial charge on any atom is 0.222 e. The second kappa shape index (κ2) is 10.9. The first kappa shape index (κ1) is 22.0. The van der Waals surface area contributed by atoms with E-state index in [0.717, 1.165) is 18.7 Å². The molecule has 3 heteroatoms. The zero-order valence-corrected chi connectivity index (χ0v) is 18.0. The Bertz CT molecular complexity index is 707. The van der Waals surface area contributed by atoms with Crippen LogP contribution >= 0.6 is 0 Å². The van der Waals surface area contributed by atoms with E-state index in [1.807, 2.05) is 43.9 Å². The molecule has 0 aliphatic rings. The van der Waals surface area contributed by atoms with Crippen molar-refractivity contribution in [1.82, 2.24) is 4.90 Å². The van der Waals surface area contributed by atoms with E-state index < -0.39 is 0 Å². The molecular formula is C25H35NO2. The van der Waals surface area contributed by atoms with Crippen LogP contribution in [0.4, 0.5) is 0 Å². The van der Waals surface area contributed by atoms with Gasteiger partial charge >= 0.3 is 0 Å². The largest absolute Gasteiger partial charge is 0.491 e. The summed E-state index contributed by atoms with van der Waals surface area (Å²) in [4.78, 5) is 14.5. The number of amides is 1. The Hall–Kier alpha value is -2.29. The topological polar surface area (TPSA) is 29.5 Å². The first-order chi connectivity index (χ1) is 13.4. The molecule has 0 saturated heterocycles. The van der Waals surface area contributed by atoms with E-state index in [9.17, 15) is 4.79 Å². The van der Waals surface area contributed by atoms with E-state index in [1.165, 1.54) is 11.1 Å². The van der Waals surface area contributed by atoms with Gasteiger partial charge in [0.15, 0.2) is 0 Å². The summed E-state index contributed by atoms with van der Waals surface area (Å²) in [6, 6.07) is 18.7. The molecule has 0 unspecified atom stereocenters. The van der Waals surface area contributed by atoms with Gasteiger partial charge in [0.2, 0.25) is 5.91 Å². The quantitative estimate of drug-likeness (QED) is 0.502. The van der Waals surface area contributed by atoms with Crippen molar-refractivity contribution in [3.63, 3.8) is 0 Å². The third-order valence-corrected chi connectivity index (χ3v) is 5.07. The van der Waals surface area contributed by atoms with Gasteiger partial charge in [-0.2, -0.15) is 0 Å². The minimum Gasteiger partial charge on any atom is -0.491 e. The summed E-state index contributed by atoms with van der Waals surface area (Å²) in [5.41, 5.74) is 2.50. The maximum atomic E-state index is 12.5. The standard InChI is InChI=1S/C25H35NO2/c1-6-25(27)26(18-21-10-8-7-9-11-21)17-16-24(19(2)3)22-12-14-23(15-13-22)28-20(4)5/h7-15,19-20,24H,6,16-18H2,1-5H3/t24-/m0/s1. The molecule has 0 radical (unpaired) electrons. The SMILES string of the molecule is CCC(=O)N(CC[C@H](c1ccc(OC(C)C)cc1)C(C)C)Cc1ccccc1. The van der Waals surface area contributed by atoms with E-state index in [-0.39, 0.29) is 12.0 Å². The minimum atomic E-state index is 0.179. The van der Waals surface area contributed by atoms with Crippen LogP contribution in [-0.2, 0) is 11.3 Å². The van der Waals surface area contributed by atoms with E-state index >= 15 is 0 Å². The number of rotatable bonds is 10. The highest BCUT2D eigenvalue weighted by Gasteiger charge is 2.19. The van der Waals surface area contributed by atoms with Gasteiger partial charge in [-0.1, -0.05) is 63.2 Å². The molecular weight excluding hydrogens is 346 g/mol. The van der Waals surface area contributed by atoms with Crippen molar-refractivity contribution < 1.29 is 9.53 Å². The fraction of sp³-hybridized carbons (Fsp3) is 0.480. The Labute approximate surface area is 170 Å². The molecule has 28 heavy (non-hydrogen) atoms. The predicted molar refractivity (Wildman–Crippen MR) is 117 cm³/mol. The number of benzene rings is 2. The zero-order valence-electron chi connectivity index (χ0n) is 18.0. The highest BCUT2D eigenvalue weighted by atomic mass is 16.5. The third kappa shape index (κ3) is 6.70. The van der Waals surface area contributed by atoms with Crippen LogP contribution in [0.2, 0.25) is 0 Å². The van der Waals surface area contributed by atoms with Crippen LogP contribution in [0.5, 0.6) is 5.75 Å². The summed E-state index contributed by atoms with van der Waals surface area (Å²) in [5.74, 6) is 2.04. The molecule has 0 aliphatic heterocycles. The summed E-state index contributed by atoms with van der Waals surface area (Å²) in [5, 5.41) is 0. The lowest BCUT2D eigenvalue weighted by molar-refractivity contribution is -0.131. The van der Waals surface area contributed by atoms with Gasteiger partial charge in [0.05, 0.1) is 6.10 Å². The van der Waals surface area contributed by atoms with Crippen molar-refractivity contribution in [2.24, 2.45) is 5.92 Å². The van der Waals surface area contributed by atoms with E-state index in [0.29, 0.717) is 24.8 Å². The summed E-state index contributed by atoms with van der Waals surface area (Å²) < 4.78 is 5.77. The van der Waals surface area contributed by atoms with Gasteiger partial charge in [-0.25, -0.2) is 0 Å². The fourth-order valence-corrected chi connectivity index (χ4v) is 3.56. The number of ether oxygens (including phenoxy) is 1. The molecule has 0 saturated carbocycles. The first-order valence-corrected chi connectivity index (χ1v) is 10.5. The van der Waals surface area contributed by atoms with Gasteiger partial charge in [0.25, 0.3) is 0 Å². The van der Waals surface area contributed by atoms with Gasteiger partial charge in [0, 0.05) is 19.5 Å². The Morgan fingerprint density at radius 1 is 0.964 bits per heavy atom. The van der Waals surface area contributed by atoms with Gasteiger partial charge < -0.3 is 9.64 Å². The number of hydrogen-bond acceptors (Lipinski definition) is 2. The van der Waals surface area contributed by atoms with E-state index in [4.69, 9.17) is 4.74 Å². The lowest BCUT2D eigenvalue weighted by Crippen LogP contribution is -2.32. The average molecular weight is 382 g/mol. The molecule has 0 heterocycles. The van der Waals surface area contributed by atoms with Crippen LogP contribution in [0, 0.1) is 5.92 Å². The number of hydrogen-bond donors (Lipinski definition) is 0. The molecule has 0 fully saturated rings. The summed E-state index contributed by atoms with van der Waals surface area (Å²) in [6.45, 7) is 12.0. The van der Waals surface area contributed by atoms with E-state index in [2.05, 4.69) is 50.2 Å². The van der Waals surface area contributed by atoms with Crippen molar-refractivity contribution in [2.75, 3.05) is 6.54 Å². The zero-order chi connectivity index (χ0) is 20.5. The first-order valence-electron chi connectivity index (χ1n) is 10.5. The van der Waals surface area contributed by atoms with E-state index in [1.54, 1.807) is 0 Å². The minimum absolute atomic E-state index is 0.179. The summed E-state index contributed by atoms with van der Waals surface area (Å²) >= 11 is 0. The highest BCUT2D eigenvalue weighted by molar-refractivity contribution is 5.75. The second-order valence-electron chi connectivity index (χ2n) is 8.03. The van der Waals surface area contributed by atoms with Crippen molar-refractivity contribution in [1.29, 1.82) is 0 Å². The molecule has 2 rings (SSSR count). The smallest absolute Gasteiger partial charge is 0.222 e. The van der Waals surface area contributed by atoms with Crippen molar-refractivity contribution in [3.8, 4) is 5.75 Å². The Kier molecular flexibility index (Phi) is 8.56. The Morgan fingerprint density at radius 3 is 2.14 bits per heavy atom. The number of carbonyl (C=O) groups is 1. The molecule has 152 valence electrons. The normalized spacial score (nSPS) is 12.2. The van der Waals surface area contributed by atoms with Crippen molar-refractivity contribution in [2.45, 2.75) is 66.0 Å². The molecule has 0 bridgehead atoms. The monoisotopic (exact) mass is 381 g/mol. The molecule has 0 N–H and O–H groups in total. The van der Waals surface area contributed by atoms with Crippen LogP contribution in [-0.4, -0.2) is 23.5 Å². The van der Waals surface area contributed by atoms with Gasteiger partial charge in [0.1, 0.15) is 5.75 Å². The van der Waals surface area contributed by atoms with Gasteiger partial charge in [-0.15, -0.1) is 0 Å². The van der Waals surface area contributed by atoms with Crippen molar-refractivity contribution >= 4 is 5.91 Å². The van der Waals surface area contributed by atoms with Crippen LogP contribution in [0.1, 0.15) is 64.5 Å². The fourth-order valence-electron chi connectivity index (χ4n) is 3.56. The van der Waals surface area contributed by atoms with Crippen LogP contribution in [0.15, 0.2) is 54.6 Å². The maximum absolute atomic E-state index is 12.5. The summed E-state index contributed by atoms with van der Waals surface area (Å²) in [6.07, 6.45) is 1.68. The van der Waals surface area contributed by atoms with Gasteiger partial charge in [-0.3, -0.25) is 4.79 Å². The average Bonchev–Trinajstić information content (AvgIpc) is 2.68. The number of nitrogens with zero attached hydrogens (tertiary/aromatic N) is 1. The Balaban J connectivity index is 2.07. The van der Waals surface area contributed by atoms with Crippen molar-refractivity contribution in [3.05, 3.63) is 65.7 Å². The van der Waals surface area contributed by atoms with Gasteiger partial charge in [-0.05, 0) is 55.4 Å². The molecule has 1 amide bonds. The third-order valence-electron chi connectivity index (χ3n) is 5.07. The predicted octanol–water partition coefficient (Wildman–Crippen LogP) is 6.04. The lowest BCUT2D eigenvalue weighted by atomic mass is 9.85. The molecule has 0 aliphatic carbocycles. The lowest BCUT2D eigenvalue weighted by Gasteiger charge is -2.27. The van der Waals surface area contributed by atoms with Crippen LogP contribution in [0.25, 0.3) is 0 Å². The highest BCUT2D eigenvalue weighted by Crippen LogP contribution is 2.30. The second-order valence-corrected chi connectivity index (χ2v) is 8.03. The molecule has 2 aromatic rings. The molecule has 0 spiro atoms. The molecule has 1 atom stereocenters.